The molecule has 1 fully saturated rings. The van der Waals surface area contributed by atoms with Crippen LogP contribution in [0.3, 0.4) is 0 Å². The Labute approximate surface area is 135 Å². The first-order chi connectivity index (χ1) is 11.0. The molecule has 0 aromatic carbocycles. The lowest BCUT2D eigenvalue weighted by Crippen LogP contribution is -2.32. The van der Waals surface area contributed by atoms with Gasteiger partial charge < -0.3 is 9.64 Å². The van der Waals surface area contributed by atoms with E-state index in [4.69, 9.17) is 4.74 Å². The Morgan fingerprint density at radius 2 is 2.17 bits per heavy atom. The summed E-state index contributed by atoms with van der Waals surface area (Å²) in [6, 6.07) is -0.654. The fraction of sp³-hybridized carbons (Fsp3) is 0.625. The number of imide groups is 1. The van der Waals surface area contributed by atoms with Crippen LogP contribution < -0.4 is 0 Å². The molecular formula is C16H22N4O3. The molecule has 0 unspecified atom stereocenters. The van der Waals surface area contributed by atoms with Crippen LogP contribution >= 0.6 is 0 Å². The lowest BCUT2D eigenvalue weighted by atomic mass is 10.0. The van der Waals surface area contributed by atoms with Crippen LogP contribution in [0.4, 0.5) is 4.79 Å². The number of fused-ring (bicyclic) bond motifs is 1. The van der Waals surface area contributed by atoms with E-state index in [1.165, 1.54) is 9.80 Å². The molecule has 0 radical (unpaired) electrons. The lowest BCUT2D eigenvalue weighted by Gasteiger charge is -2.17. The molecule has 0 spiro atoms. The van der Waals surface area contributed by atoms with Crippen LogP contribution in [-0.4, -0.2) is 51.4 Å². The zero-order chi connectivity index (χ0) is 16.6. The normalized spacial score (nSPS) is 21.3. The summed E-state index contributed by atoms with van der Waals surface area (Å²) in [5.41, 5.74) is 1.93. The van der Waals surface area contributed by atoms with Crippen molar-refractivity contribution in [2.75, 3.05) is 13.7 Å². The Balaban J connectivity index is 1.77. The number of carbonyl (C=O) groups is 2. The van der Waals surface area contributed by atoms with Crippen molar-refractivity contribution in [2.24, 2.45) is 5.92 Å². The average Bonchev–Trinajstić information content (AvgIpc) is 2.72. The average molecular weight is 318 g/mol. The van der Waals surface area contributed by atoms with Crippen LogP contribution in [0.1, 0.15) is 37.4 Å². The molecule has 3 rings (SSSR count). The number of nitrogens with zero attached hydrogens (tertiary/aromatic N) is 4. The standard InChI is InChI=1S/C16H22N4O3/c1-10(2)6-13-15(21)20(16(22)19(13)3)8-14-17-7-11-9-23-5-4-12(11)18-14/h7,10,13H,4-6,8-9H2,1-3H3/t13-/m0/s1. The summed E-state index contributed by atoms with van der Waals surface area (Å²) in [7, 11) is 1.68. The van der Waals surface area contributed by atoms with E-state index in [2.05, 4.69) is 9.97 Å². The minimum absolute atomic E-state index is 0.130. The molecule has 0 bridgehead atoms. The maximum Gasteiger partial charge on any atom is 0.327 e. The summed E-state index contributed by atoms with van der Waals surface area (Å²) < 4.78 is 5.36. The van der Waals surface area contributed by atoms with Gasteiger partial charge in [0, 0.05) is 25.2 Å². The topological polar surface area (TPSA) is 75.6 Å². The highest BCUT2D eigenvalue weighted by Crippen LogP contribution is 2.23. The third-order valence-corrected chi connectivity index (χ3v) is 4.29. The first kappa shape index (κ1) is 15.9. The number of aromatic nitrogens is 2. The van der Waals surface area contributed by atoms with E-state index in [1.54, 1.807) is 13.2 Å². The third kappa shape index (κ3) is 3.06. The van der Waals surface area contributed by atoms with Gasteiger partial charge in [0.1, 0.15) is 11.9 Å². The van der Waals surface area contributed by atoms with Gasteiger partial charge in [-0.15, -0.1) is 0 Å². The van der Waals surface area contributed by atoms with Gasteiger partial charge in [0.15, 0.2) is 0 Å². The molecule has 23 heavy (non-hydrogen) atoms. The Bertz CT molecular complexity index is 632. The number of likely N-dealkylation sites (N-methyl/N-ethyl adjacent to an activating group) is 1. The van der Waals surface area contributed by atoms with Crippen LogP contribution in [0.2, 0.25) is 0 Å². The molecule has 124 valence electrons. The monoisotopic (exact) mass is 318 g/mol. The van der Waals surface area contributed by atoms with E-state index in [0.717, 1.165) is 17.7 Å². The highest BCUT2D eigenvalue weighted by molar-refractivity contribution is 6.03. The van der Waals surface area contributed by atoms with E-state index >= 15 is 0 Å². The van der Waals surface area contributed by atoms with Crippen molar-refractivity contribution in [3.63, 3.8) is 0 Å². The van der Waals surface area contributed by atoms with Crippen LogP contribution in [0.5, 0.6) is 0 Å². The van der Waals surface area contributed by atoms with E-state index < -0.39 is 0 Å². The number of urea groups is 1. The van der Waals surface area contributed by atoms with Crippen LogP contribution in [-0.2, 0) is 29.1 Å². The predicted molar refractivity (Wildman–Crippen MR) is 82.3 cm³/mol. The maximum absolute atomic E-state index is 12.5. The Morgan fingerprint density at radius 1 is 1.39 bits per heavy atom. The summed E-state index contributed by atoms with van der Waals surface area (Å²) in [5.74, 6) is 0.695. The second-order valence-electron chi connectivity index (χ2n) is 6.52. The van der Waals surface area contributed by atoms with Crippen molar-refractivity contribution in [3.05, 3.63) is 23.3 Å². The van der Waals surface area contributed by atoms with Gasteiger partial charge in [0.2, 0.25) is 0 Å². The molecule has 1 aromatic rings. The summed E-state index contributed by atoms with van der Waals surface area (Å²) in [6.07, 6.45) is 3.14. The molecule has 2 aliphatic heterocycles. The van der Waals surface area contributed by atoms with Gasteiger partial charge in [-0.25, -0.2) is 14.8 Å². The minimum atomic E-state index is -0.381. The Kier molecular flexibility index (Phi) is 4.30. The zero-order valence-corrected chi connectivity index (χ0v) is 13.8. The Hall–Kier alpha value is -2.02. The molecular weight excluding hydrogens is 296 g/mol. The van der Waals surface area contributed by atoms with Gasteiger partial charge in [-0.05, 0) is 12.3 Å². The van der Waals surface area contributed by atoms with Crippen molar-refractivity contribution in [2.45, 2.75) is 45.9 Å². The molecule has 7 nitrogen and oxygen atoms in total. The fourth-order valence-corrected chi connectivity index (χ4v) is 3.00. The number of carbonyl (C=O) groups excluding carboxylic acids is 2. The molecule has 3 heterocycles. The largest absolute Gasteiger partial charge is 0.376 e. The molecule has 0 saturated carbocycles. The number of hydrogen-bond donors (Lipinski definition) is 0. The van der Waals surface area contributed by atoms with Crippen molar-refractivity contribution in [1.29, 1.82) is 0 Å². The lowest BCUT2D eigenvalue weighted by molar-refractivity contribution is -0.129. The van der Waals surface area contributed by atoms with Gasteiger partial charge in [-0.2, -0.15) is 0 Å². The predicted octanol–water partition coefficient (Wildman–Crippen LogP) is 1.36. The Morgan fingerprint density at radius 3 is 2.91 bits per heavy atom. The van der Waals surface area contributed by atoms with E-state index in [-0.39, 0.29) is 24.5 Å². The maximum atomic E-state index is 12.5. The summed E-state index contributed by atoms with van der Waals surface area (Å²) in [5, 5.41) is 0. The first-order valence-corrected chi connectivity index (χ1v) is 7.97. The van der Waals surface area contributed by atoms with E-state index in [9.17, 15) is 9.59 Å². The van der Waals surface area contributed by atoms with Gasteiger partial charge in [-0.1, -0.05) is 13.8 Å². The smallest absolute Gasteiger partial charge is 0.327 e. The molecule has 0 aliphatic carbocycles. The fourth-order valence-electron chi connectivity index (χ4n) is 3.00. The summed E-state index contributed by atoms with van der Waals surface area (Å²) in [6.45, 7) is 5.39. The summed E-state index contributed by atoms with van der Waals surface area (Å²) >= 11 is 0. The van der Waals surface area contributed by atoms with Gasteiger partial charge in [0.25, 0.3) is 5.91 Å². The number of rotatable bonds is 4. The SMILES string of the molecule is CC(C)C[C@H]1C(=O)N(Cc2ncc3c(n2)CCOC3)C(=O)N1C. The second kappa shape index (κ2) is 6.23. The molecule has 1 saturated heterocycles. The second-order valence-corrected chi connectivity index (χ2v) is 6.52. The highest BCUT2D eigenvalue weighted by Gasteiger charge is 2.43. The molecule has 7 heteroatoms. The molecule has 1 atom stereocenters. The quantitative estimate of drug-likeness (QED) is 0.784. The zero-order valence-electron chi connectivity index (χ0n) is 13.8. The van der Waals surface area contributed by atoms with Crippen LogP contribution in [0.15, 0.2) is 6.20 Å². The number of ether oxygens (including phenoxy) is 1. The van der Waals surface area contributed by atoms with Crippen LogP contribution in [0, 0.1) is 5.92 Å². The summed E-state index contributed by atoms with van der Waals surface area (Å²) in [4.78, 5) is 36.5. The van der Waals surface area contributed by atoms with Gasteiger partial charge >= 0.3 is 6.03 Å². The molecule has 1 aromatic heterocycles. The van der Waals surface area contributed by atoms with Gasteiger partial charge in [0.05, 0.1) is 25.5 Å². The van der Waals surface area contributed by atoms with E-state index in [0.29, 0.717) is 31.4 Å². The van der Waals surface area contributed by atoms with E-state index in [1.807, 2.05) is 13.8 Å². The highest BCUT2D eigenvalue weighted by atomic mass is 16.5. The minimum Gasteiger partial charge on any atom is -0.376 e. The van der Waals surface area contributed by atoms with Gasteiger partial charge in [-0.3, -0.25) is 9.69 Å². The third-order valence-electron chi connectivity index (χ3n) is 4.29. The molecule has 3 amide bonds. The molecule has 0 N–H and O–H groups in total. The first-order valence-electron chi connectivity index (χ1n) is 7.97. The van der Waals surface area contributed by atoms with Crippen molar-refractivity contribution < 1.29 is 14.3 Å². The number of amides is 3. The number of hydrogen-bond acceptors (Lipinski definition) is 5. The van der Waals surface area contributed by atoms with Crippen molar-refractivity contribution >= 4 is 11.9 Å². The van der Waals surface area contributed by atoms with Crippen molar-refractivity contribution in [3.8, 4) is 0 Å². The van der Waals surface area contributed by atoms with Crippen molar-refractivity contribution in [1.82, 2.24) is 19.8 Å². The van der Waals surface area contributed by atoms with Crippen LogP contribution in [0.25, 0.3) is 0 Å². The molecule has 2 aliphatic rings.